The van der Waals surface area contributed by atoms with Crippen LogP contribution in [-0.2, 0) is 17.9 Å². The van der Waals surface area contributed by atoms with Gasteiger partial charge >= 0.3 is 0 Å². The number of rotatable bonds is 8. The lowest BCUT2D eigenvalue weighted by atomic mass is 10.0. The first-order valence-electron chi connectivity index (χ1n) is 9.52. The van der Waals surface area contributed by atoms with Gasteiger partial charge in [0.2, 0.25) is 0 Å². The molecule has 2 rings (SSSR count). The smallest absolute Gasteiger partial charge is 0.191 e. The molecule has 6 heteroatoms. The molecule has 1 aliphatic rings. The average molecular weight is 474 g/mol. The van der Waals surface area contributed by atoms with Gasteiger partial charge in [0, 0.05) is 39.8 Å². The Bertz CT molecular complexity index is 521. The zero-order valence-corrected chi connectivity index (χ0v) is 18.8. The molecule has 5 nitrogen and oxygen atoms in total. The fourth-order valence-corrected chi connectivity index (χ4v) is 3.46. The van der Waals surface area contributed by atoms with E-state index < -0.39 is 0 Å². The molecule has 1 aromatic carbocycles. The molecule has 1 saturated heterocycles. The summed E-state index contributed by atoms with van der Waals surface area (Å²) < 4.78 is 5.14. The Morgan fingerprint density at radius 3 is 2.58 bits per heavy atom. The molecule has 0 radical (unpaired) electrons. The molecule has 1 heterocycles. The molecule has 26 heavy (non-hydrogen) atoms. The zero-order valence-electron chi connectivity index (χ0n) is 16.5. The van der Waals surface area contributed by atoms with Crippen LogP contribution in [0.1, 0.15) is 43.7 Å². The predicted octanol–water partition coefficient (Wildman–Crippen LogP) is 3.38. The maximum absolute atomic E-state index is 5.14. The van der Waals surface area contributed by atoms with Crippen molar-refractivity contribution < 1.29 is 4.74 Å². The van der Waals surface area contributed by atoms with E-state index in [-0.39, 0.29) is 24.0 Å². The van der Waals surface area contributed by atoms with E-state index in [1.165, 1.54) is 43.4 Å². The molecular weight excluding hydrogens is 439 g/mol. The molecule has 0 aliphatic carbocycles. The standard InChI is InChI=1S/C20H34N4O.HI/c1-4-19-7-5-6-13-24(19)14-12-22-20(21-2)23-15-17-8-10-18(11-9-17)16-25-3;/h8-11,19H,4-7,12-16H2,1-3H3,(H2,21,22,23);1H. The van der Waals surface area contributed by atoms with Crippen LogP contribution in [0.5, 0.6) is 0 Å². The van der Waals surface area contributed by atoms with Crippen molar-refractivity contribution in [3.05, 3.63) is 35.4 Å². The Kier molecular flexibility index (Phi) is 11.9. The first-order chi connectivity index (χ1) is 12.3. The molecule has 1 unspecified atom stereocenters. The number of nitrogens with zero attached hydrogens (tertiary/aromatic N) is 2. The summed E-state index contributed by atoms with van der Waals surface area (Å²) in [5.41, 5.74) is 2.44. The minimum absolute atomic E-state index is 0. The van der Waals surface area contributed by atoms with Gasteiger partial charge in [-0.25, -0.2) is 0 Å². The Balaban J connectivity index is 0.00000338. The fraction of sp³-hybridized carbons (Fsp3) is 0.650. The lowest BCUT2D eigenvalue weighted by Crippen LogP contribution is -2.45. The summed E-state index contributed by atoms with van der Waals surface area (Å²) >= 11 is 0. The van der Waals surface area contributed by atoms with Crippen LogP contribution < -0.4 is 10.6 Å². The van der Waals surface area contributed by atoms with E-state index in [1.54, 1.807) is 7.11 Å². The van der Waals surface area contributed by atoms with E-state index >= 15 is 0 Å². The lowest BCUT2D eigenvalue weighted by Gasteiger charge is -2.35. The van der Waals surface area contributed by atoms with E-state index in [4.69, 9.17) is 4.74 Å². The second-order valence-corrected chi connectivity index (χ2v) is 6.70. The molecular formula is C20H35IN4O. The normalized spacial score (nSPS) is 18.3. The van der Waals surface area contributed by atoms with E-state index in [0.717, 1.165) is 31.6 Å². The topological polar surface area (TPSA) is 48.9 Å². The molecule has 1 aromatic rings. The summed E-state index contributed by atoms with van der Waals surface area (Å²) in [6.45, 7) is 6.99. The van der Waals surface area contributed by atoms with Crippen LogP contribution in [0.25, 0.3) is 0 Å². The van der Waals surface area contributed by atoms with Crippen LogP contribution >= 0.6 is 24.0 Å². The van der Waals surface area contributed by atoms with Crippen LogP contribution in [0.2, 0.25) is 0 Å². The van der Waals surface area contributed by atoms with Crippen LogP contribution in [-0.4, -0.2) is 50.7 Å². The molecule has 148 valence electrons. The highest BCUT2D eigenvalue weighted by atomic mass is 127. The third-order valence-corrected chi connectivity index (χ3v) is 4.93. The molecule has 2 N–H and O–H groups in total. The third kappa shape index (κ3) is 7.80. The van der Waals surface area contributed by atoms with Crippen molar-refractivity contribution >= 4 is 29.9 Å². The number of nitrogens with one attached hydrogen (secondary N) is 2. The quantitative estimate of drug-likeness (QED) is 0.345. The lowest BCUT2D eigenvalue weighted by molar-refractivity contribution is 0.147. The highest BCUT2D eigenvalue weighted by Crippen LogP contribution is 2.18. The number of methoxy groups -OCH3 is 1. The van der Waals surface area contributed by atoms with Gasteiger partial charge in [-0.15, -0.1) is 24.0 Å². The van der Waals surface area contributed by atoms with Gasteiger partial charge in [-0.3, -0.25) is 9.89 Å². The molecule has 1 fully saturated rings. The molecule has 0 aromatic heterocycles. The van der Waals surface area contributed by atoms with Gasteiger partial charge in [-0.05, 0) is 36.9 Å². The highest BCUT2D eigenvalue weighted by molar-refractivity contribution is 14.0. The van der Waals surface area contributed by atoms with Crippen molar-refractivity contribution in [1.29, 1.82) is 0 Å². The first-order valence-corrected chi connectivity index (χ1v) is 9.52. The zero-order chi connectivity index (χ0) is 17.9. The maximum atomic E-state index is 5.14. The number of piperidine rings is 1. The second-order valence-electron chi connectivity index (χ2n) is 6.70. The first kappa shape index (κ1) is 23.2. The van der Waals surface area contributed by atoms with Gasteiger partial charge < -0.3 is 15.4 Å². The predicted molar refractivity (Wildman–Crippen MR) is 120 cm³/mol. The van der Waals surface area contributed by atoms with E-state index in [2.05, 4.69) is 51.7 Å². The van der Waals surface area contributed by atoms with Crippen molar-refractivity contribution in [2.24, 2.45) is 4.99 Å². The van der Waals surface area contributed by atoms with Crippen molar-refractivity contribution in [3.8, 4) is 0 Å². The monoisotopic (exact) mass is 474 g/mol. The summed E-state index contributed by atoms with van der Waals surface area (Å²) in [6, 6.07) is 9.24. The highest BCUT2D eigenvalue weighted by Gasteiger charge is 2.19. The molecule has 0 amide bonds. The van der Waals surface area contributed by atoms with Crippen molar-refractivity contribution in [1.82, 2.24) is 15.5 Å². The van der Waals surface area contributed by atoms with Gasteiger partial charge in [0.25, 0.3) is 0 Å². The van der Waals surface area contributed by atoms with Gasteiger partial charge in [-0.1, -0.05) is 37.6 Å². The summed E-state index contributed by atoms with van der Waals surface area (Å²) in [5.74, 6) is 0.867. The van der Waals surface area contributed by atoms with Crippen LogP contribution in [0.15, 0.2) is 29.3 Å². The van der Waals surface area contributed by atoms with Crippen molar-refractivity contribution in [3.63, 3.8) is 0 Å². The van der Waals surface area contributed by atoms with Gasteiger partial charge in [0.15, 0.2) is 5.96 Å². The minimum Gasteiger partial charge on any atom is -0.380 e. The molecule has 0 spiro atoms. The number of likely N-dealkylation sites (tertiary alicyclic amines) is 1. The van der Waals surface area contributed by atoms with Crippen LogP contribution in [0.3, 0.4) is 0 Å². The summed E-state index contributed by atoms with van der Waals surface area (Å²) in [6.07, 6.45) is 5.33. The number of halogens is 1. The number of benzene rings is 1. The number of aliphatic imine (C=N–C) groups is 1. The number of hydrogen-bond acceptors (Lipinski definition) is 3. The Labute approximate surface area is 176 Å². The van der Waals surface area contributed by atoms with E-state index in [0.29, 0.717) is 6.61 Å². The summed E-state index contributed by atoms with van der Waals surface area (Å²) in [7, 11) is 3.55. The molecule has 0 saturated carbocycles. The maximum Gasteiger partial charge on any atom is 0.191 e. The third-order valence-electron chi connectivity index (χ3n) is 4.93. The van der Waals surface area contributed by atoms with Crippen molar-refractivity contribution in [2.45, 2.75) is 51.8 Å². The summed E-state index contributed by atoms with van der Waals surface area (Å²) in [4.78, 5) is 6.95. The minimum atomic E-state index is 0. The Hall–Kier alpha value is -0.860. The summed E-state index contributed by atoms with van der Waals surface area (Å²) in [5, 5.41) is 6.83. The largest absolute Gasteiger partial charge is 0.380 e. The molecule has 1 atom stereocenters. The van der Waals surface area contributed by atoms with Crippen LogP contribution in [0.4, 0.5) is 0 Å². The van der Waals surface area contributed by atoms with E-state index in [1.807, 2.05) is 7.05 Å². The van der Waals surface area contributed by atoms with E-state index in [9.17, 15) is 0 Å². The molecule has 0 bridgehead atoms. The second kappa shape index (κ2) is 13.3. The Morgan fingerprint density at radius 1 is 1.19 bits per heavy atom. The average Bonchev–Trinajstić information content (AvgIpc) is 2.66. The van der Waals surface area contributed by atoms with Crippen LogP contribution in [0, 0.1) is 0 Å². The van der Waals surface area contributed by atoms with Gasteiger partial charge in [-0.2, -0.15) is 0 Å². The number of ether oxygens (including phenoxy) is 1. The number of hydrogen-bond donors (Lipinski definition) is 2. The van der Waals surface area contributed by atoms with Crippen molar-refractivity contribution in [2.75, 3.05) is 33.8 Å². The van der Waals surface area contributed by atoms with Gasteiger partial charge in [0.1, 0.15) is 0 Å². The number of guanidine groups is 1. The Morgan fingerprint density at radius 2 is 1.92 bits per heavy atom. The fourth-order valence-electron chi connectivity index (χ4n) is 3.46. The van der Waals surface area contributed by atoms with Gasteiger partial charge in [0.05, 0.1) is 6.61 Å². The molecule has 1 aliphatic heterocycles. The SMILES string of the molecule is CCC1CCCCN1CCNC(=NC)NCc1ccc(COC)cc1.I.